The van der Waals surface area contributed by atoms with Crippen LogP contribution >= 0.6 is 0 Å². The van der Waals surface area contributed by atoms with Gasteiger partial charge in [-0.2, -0.15) is 0 Å². The minimum absolute atomic E-state index is 0.0650. The van der Waals surface area contributed by atoms with Crippen molar-refractivity contribution in [3.8, 4) is 11.5 Å². The van der Waals surface area contributed by atoms with E-state index in [0.717, 1.165) is 32.5 Å². The topological polar surface area (TPSA) is 50.8 Å². The molecule has 0 aromatic heterocycles. The van der Waals surface area contributed by atoms with E-state index in [-0.39, 0.29) is 11.9 Å². The monoisotopic (exact) mass is 320 g/mol. The molecule has 1 aliphatic heterocycles. The Kier molecular flexibility index (Phi) is 6.71. The number of amides is 1. The highest BCUT2D eigenvalue weighted by Crippen LogP contribution is 2.26. The number of para-hydroxylation sites is 2. The summed E-state index contributed by atoms with van der Waals surface area (Å²) >= 11 is 0. The summed E-state index contributed by atoms with van der Waals surface area (Å²) in [5, 5.41) is 3.11. The SMILES string of the molecule is CCCN1CCC(NC(=O)[C@@H](C)Oc2ccccc2OC)CC1. The fourth-order valence-corrected chi connectivity index (χ4v) is 2.90. The molecule has 1 aliphatic rings. The zero-order valence-corrected chi connectivity index (χ0v) is 14.4. The standard InChI is InChI=1S/C18H28N2O3/c1-4-11-20-12-9-15(10-13-20)19-18(21)14(2)23-17-8-6-5-7-16(17)22-3/h5-8,14-15H,4,9-13H2,1-3H3,(H,19,21)/t14-/m1/s1. The molecule has 2 rings (SSSR count). The summed E-state index contributed by atoms with van der Waals surface area (Å²) in [4.78, 5) is 14.8. The minimum Gasteiger partial charge on any atom is -0.493 e. The van der Waals surface area contributed by atoms with Crippen molar-refractivity contribution < 1.29 is 14.3 Å². The average molecular weight is 320 g/mol. The molecule has 128 valence electrons. The molecule has 1 aromatic carbocycles. The van der Waals surface area contributed by atoms with Gasteiger partial charge in [-0.15, -0.1) is 0 Å². The first-order chi connectivity index (χ1) is 11.1. The van der Waals surface area contributed by atoms with E-state index in [4.69, 9.17) is 9.47 Å². The Morgan fingerprint density at radius 1 is 1.30 bits per heavy atom. The van der Waals surface area contributed by atoms with Gasteiger partial charge in [0, 0.05) is 19.1 Å². The Balaban J connectivity index is 1.81. The number of ether oxygens (including phenoxy) is 2. The van der Waals surface area contributed by atoms with E-state index in [2.05, 4.69) is 17.1 Å². The Labute approximate surface area is 139 Å². The molecular weight excluding hydrogens is 292 g/mol. The third-order valence-corrected chi connectivity index (χ3v) is 4.22. The van der Waals surface area contributed by atoms with Crippen LogP contribution in [0, 0.1) is 0 Å². The first-order valence-corrected chi connectivity index (χ1v) is 8.46. The highest BCUT2D eigenvalue weighted by atomic mass is 16.5. The second-order valence-electron chi connectivity index (χ2n) is 6.04. The number of nitrogens with one attached hydrogen (secondary N) is 1. The molecular formula is C18H28N2O3. The minimum atomic E-state index is -0.542. The largest absolute Gasteiger partial charge is 0.493 e. The molecule has 1 aromatic rings. The quantitative estimate of drug-likeness (QED) is 0.838. The Bertz CT molecular complexity index is 499. The van der Waals surface area contributed by atoms with Gasteiger partial charge in [-0.25, -0.2) is 0 Å². The number of carbonyl (C=O) groups excluding carboxylic acids is 1. The summed E-state index contributed by atoms with van der Waals surface area (Å²) in [6.45, 7) is 7.23. The van der Waals surface area contributed by atoms with Gasteiger partial charge in [-0.1, -0.05) is 19.1 Å². The van der Waals surface area contributed by atoms with Crippen molar-refractivity contribution in [1.82, 2.24) is 10.2 Å². The molecule has 5 heteroatoms. The Hall–Kier alpha value is -1.75. The molecule has 1 heterocycles. The zero-order valence-electron chi connectivity index (χ0n) is 14.4. The van der Waals surface area contributed by atoms with Crippen LogP contribution < -0.4 is 14.8 Å². The normalized spacial score (nSPS) is 17.5. The van der Waals surface area contributed by atoms with Crippen LogP contribution in [0.2, 0.25) is 0 Å². The molecule has 1 atom stereocenters. The molecule has 1 amide bonds. The third kappa shape index (κ3) is 5.13. The zero-order chi connectivity index (χ0) is 16.7. The van der Waals surface area contributed by atoms with Gasteiger partial charge in [0.15, 0.2) is 17.6 Å². The van der Waals surface area contributed by atoms with Crippen molar-refractivity contribution in [2.45, 2.75) is 45.3 Å². The molecule has 0 spiro atoms. The van der Waals surface area contributed by atoms with E-state index in [1.54, 1.807) is 14.0 Å². The second-order valence-corrected chi connectivity index (χ2v) is 6.04. The molecule has 1 N–H and O–H groups in total. The van der Waals surface area contributed by atoms with Gasteiger partial charge in [0.05, 0.1) is 7.11 Å². The highest BCUT2D eigenvalue weighted by Gasteiger charge is 2.23. The van der Waals surface area contributed by atoms with E-state index >= 15 is 0 Å². The van der Waals surface area contributed by atoms with E-state index in [9.17, 15) is 4.79 Å². The molecule has 1 saturated heterocycles. The van der Waals surface area contributed by atoms with E-state index in [1.165, 1.54) is 6.42 Å². The van der Waals surface area contributed by atoms with Crippen LogP contribution in [0.15, 0.2) is 24.3 Å². The van der Waals surface area contributed by atoms with Gasteiger partial charge in [-0.05, 0) is 44.9 Å². The molecule has 0 unspecified atom stereocenters. The number of hydrogen-bond acceptors (Lipinski definition) is 4. The number of hydrogen-bond donors (Lipinski definition) is 1. The molecule has 1 fully saturated rings. The maximum absolute atomic E-state index is 12.3. The molecule has 5 nitrogen and oxygen atoms in total. The number of methoxy groups -OCH3 is 1. The number of benzene rings is 1. The molecule has 0 bridgehead atoms. The predicted octanol–water partition coefficient (Wildman–Crippen LogP) is 2.45. The maximum atomic E-state index is 12.3. The lowest BCUT2D eigenvalue weighted by Gasteiger charge is -2.32. The van der Waals surface area contributed by atoms with Crippen molar-refractivity contribution in [2.75, 3.05) is 26.7 Å². The van der Waals surface area contributed by atoms with Gasteiger partial charge in [0.1, 0.15) is 0 Å². The van der Waals surface area contributed by atoms with Gasteiger partial charge in [0.2, 0.25) is 0 Å². The van der Waals surface area contributed by atoms with Crippen LogP contribution in [0.5, 0.6) is 11.5 Å². The fourth-order valence-electron chi connectivity index (χ4n) is 2.90. The summed E-state index contributed by atoms with van der Waals surface area (Å²) in [5.74, 6) is 1.17. The number of likely N-dealkylation sites (tertiary alicyclic amines) is 1. The summed E-state index contributed by atoms with van der Waals surface area (Å²) in [6, 6.07) is 7.63. The van der Waals surface area contributed by atoms with Crippen LogP contribution in [0.1, 0.15) is 33.1 Å². The van der Waals surface area contributed by atoms with Crippen molar-refractivity contribution in [3.63, 3.8) is 0 Å². The summed E-state index contributed by atoms with van der Waals surface area (Å²) in [5.41, 5.74) is 0. The number of nitrogens with zero attached hydrogens (tertiary/aromatic N) is 1. The first kappa shape index (κ1) is 17.6. The lowest BCUT2D eigenvalue weighted by atomic mass is 10.0. The third-order valence-electron chi connectivity index (χ3n) is 4.22. The first-order valence-electron chi connectivity index (χ1n) is 8.46. The molecule has 0 saturated carbocycles. The number of carbonyl (C=O) groups is 1. The maximum Gasteiger partial charge on any atom is 0.260 e. The Morgan fingerprint density at radius 2 is 1.96 bits per heavy atom. The van der Waals surface area contributed by atoms with E-state index < -0.39 is 6.10 Å². The van der Waals surface area contributed by atoms with Crippen molar-refractivity contribution in [1.29, 1.82) is 0 Å². The van der Waals surface area contributed by atoms with Gasteiger partial charge >= 0.3 is 0 Å². The van der Waals surface area contributed by atoms with Crippen LogP contribution in [0.3, 0.4) is 0 Å². The van der Waals surface area contributed by atoms with Crippen molar-refractivity contribution >= 4 is 5.91 Å². The lowest BCUT2D eigenvalue weighted by molar-refractivity contribution is -0.128. The van der Waals surface area contributed by atoms with Crippen molar-refractivity contribution in [3.05, 3.63) is 24.3 Å². The van der Waals surface area contributed by atoms with Crippen LogP contribution in [-0.4, -0.2) is 49.7 Å². The van der Waals surface area contributed by atoms with Gasteiger partial charge < -0.3 is 19.7 Å². The summed E-state index contributed by atoms with van der Waals surface area (Å²) in [7, 11) is 1.59. The predicted molar refractivity (Wildman–Crippen MR) is 91.0 cm³/mol. The van der Waals surface area contributed by atoms with Gasteiger partial charge in [0.25, 0.3) is 5.91 Å². The summed E-state index contributed by atoms with van der Waals surface area (Å²) in [6.07, 6.45) is 2.65. The highest BCUT2D eigenvalue weighted by molar-refractivity contribution is 5.81. The Morgan fingerprint density at radius 3 is 2.57 bits per heavy atom. The number of rotatable bonds is 7. The van der Waals surface area contributed by atoms with Crippen LogP contribution in [-0.2, 0) is 4.79 Å². The molecule has 0 aliphatic carbocycles. The van der Waals surface area contributed by atoms with E-state index in [0.29, 0.717) is 11.5 Å². The second kappa shape index (κ2) is 8.77. The average Bonchev–Trinajstić information content (AvgIpc) is 2.57. The molecule has 0 radical (unpaired) electrons. The van der Waals surface area contributed by atoms with Crippen LogP contribution in [0.4, 0.5) is 0 Å². The number of piperidine rings is 1. The molecule has 23 heavy (non-hydrogen) atoms. The van der Waals surface area contributed by atoms with Gasteiger partial charge in [-0.3, -0.25) is 4.79 Å². The summed E-state index contributed by atoms with van der Waals surface area (Å²) < 4.78 is 11.0. The smallest absolute Gasteiger partial charge is 0.260 e. The fraction of sp³-hybridized carbons (Fsp3) is 0.611. The van der Waals surface area contributed by atoms with Crippen LogP contribution in [0.25, 0.3) is 0 Å². The van der Waals surface area contributed by atoms with Crippen molar-refractivity contribution in [2.24, 2.45) is 0 Å². The van der Waals surface area contributed by atoms with E-state index in [1.807, 2.05) is 24.3 Å². The lowest BCUT2D eigenvalue weighted by Crippen LogP contribution is -2.48.